The van der Waals surface area contributed by atoms with Crippen LogP contribution in [0.1, 0.15) is 50.1 Å². The van der Waals surface area contributed by atoms with E-state index in [0.717, 1.165) is 50.1 Å². The smallest absolute Gasteiger partial charge is 0.119 e. The van der Waals surface area contributed by atoms with E-state index in [1.165, 1.54) is 0 Å². The Morgan fingerprint density at radius 3 is 1.42 bits per heavy atom. The normalized spacial score (nSPS) is 11.0. The Kier molecular flexibility index (Phi) is 6.41. The van der Waals surface area contributed by atoms with Gasteiger partial charge >= 0.3 is 0 Å². The van der Waals surface area contributed by atoms with Crippen molar-refractivity contribution in [2.75, 3.05) is 0 Å². The zero-order valence-corrected chi connectivity index (χ0v) is 19.4. The third-order valence-electron chi connectivity index (χ3n) is 6.17. The largest absolute Gasteiger partial charge is 0.508 e. The van der Waals surface area contributed by atoms with E-state index in [-0.39, 0.29) is 17.2 Å². The minimum atomic E-state index is 0.270. The quantitative estimate of drug-likeness (QED) is 0.322. The lowest BCUT2D eigenvalue weighted by Gasteiger charge is -2.19. The van der Waals surface area contributed by atoms with Crippen molar-refractivity contribution < 1.29 is 15.3 Å². The molecule has 0 aliphatic carbocycles. The highest BCUT2D eigenvalue weighted by atomic mass is 16.3. The molecule has 0 bridgehead atoms. The molecule has 4 rings (SSSR count). The molecule has 168 valence electrons. The molecule has 0 aliphatic heterocycles. The average molecular weight is 439 g/mol. The van der Waals surface area contributed by atoms with Crippen LogP contribution < -0.4 is 0 Å². The monoisotopic (exact) mass is 438 g/mol. The molecule has 0 saturated carbocycles. The molecule has 33 heavy (non-hydrogen) atoms. The Hall–Kier alpha value is -3.72. The summed E-state index contributed by atoms with van der Waals surface area (Å²) in [6, 6.07) is 23.1. The maximum absolute atomic E-state index is 10.5. The summed E-state index contributed by atoms with van der Waals surface area (Å²) in [7, 11) is 0. The third-order valence-corrected chi connectivity index (χ3v) is 6.17. The summed E-state index contributed by atoms with van der Waals surface area (Å²) in [4.78, 5) is 0. The van der Waals surface area contributed by atoms with Crippen molar-refractivity contribution >= 4 is 0 Å². The molecule has 0 unspecified atom stereocenters. The molecule has 3 heteroatoms. The fourth-order valence-electron chi connectivity index (χ4n) is 4.49. The second-order valence-corrected chi connectivity index (χ2v) is 8.99. The van der Waals surface area contributed by atoms with E-state index < -0.39 is 0 Å². The van der Waals surface area contributed by atoms with E-state index in [1.54, 1.807) is 18.2 Å². The van der Waals surface area contributed by atoms with E-state index in [4.69, 9.17) is 0 Å². The Morgan fingerprint density at radius 2 is 0.909 bits per heavy atom. The number of benzene rings is 4. The van der Waals surface area contributed by atoms with Crippen molar-refractivity contribution in [3.63, 3.8) is 0 Å². The van der Waals surface area contributed by atoms with Crippen LogP contribution in [0.15, 0.2) is 72.8 Å². The molecule has 0 aliphatic rings. The molecular weight excluding hydrogens is 408 g/mol. The molecule has 0 heterocycles. The zero-order valence-electron chi connectivity index (χ0n) is 19.4. The first-order chi connectivity index (χ1) is 15.8. The van der Waals surface area contributed by atoms with E-state index in [1.807, 2.05) is 56.3 Å². The summed E-state index contributed by atoms with van der Waals surface area (Å²) in [5.41, 5.74) is 9.27. The second kappa shape index (κ2) is 9.41. The Bertz CT molecular complexity index is 1230. The van der Waals surface area contributed by atoms with E-state index in [9.17, 15) is 15.3 Å². The van der Waals surface area contributed by atoms with Gasteiger partial charge in [-0.3, -0.25) is 0 Å². The van der Waals surface area contributed by atoms with Crippen LogP contribution in [0.5, 0.6) is 17.2 Å². The van der Waals surface area contributed by atoms with Gasteiger partial charge in [0.15, 0.2) is 0 Å². The van der Waals surface area contributed by atoms with Gasteiger partial charge in [-0.2, -0.15) is 0 Å². The first-order valence-electron chi connectivity index (χ1n) is 11.3. The van der Waals surface area contributed by atoms with E-state index >= 15 is 0 Å². The predicted molar refractivity (Wildman–Crippen MR) is 133 cm³/mol. The summed E-state index contributed by atoms with van der Waals surface area (Å²) in [6.07, 6.45) is 1.74. The molecule has 0 aromatic heterocycles. The van der Waals surface area contributed by atoms with Crippen molar-refractivity contribution in [2.24, 2.45) is 0 Å². The van der Waals surface area contributed by atoms with Gasteiger partial charge in [0.05, 0.1) is 0 Å². The van der Waals surface area contributed by atoms with Crippen LogP contribution in [0, 0.1) is 20.8 Å². The number of para-hydroxylation sites is 1. The maximum Gasteiger partial charge on any atom is 0.119 e. The lowest BCUT2D eigenvalue weighted by Crippen LogP contribution is -2.05. The van der Waals surface area contributed by atoms with Crippen LogP contribution >= 0.6 is 0 Å². The van der Waals surface area contributed by atoms with Gasteiger partial charge < -0.3 is 15.3 Å². The van der Waals surface area contributed by atoms with Gasteiger partial charge in [-0.15, -0.1) is 0 Å². The fourth-order valence-corrected chi connectivity index (χ4v) is 4.49. The van der Waals surface area contributed by atoms with Gasteiger partial charge in [-0.1, -0.05) is 71.3 Å². The molecule has 0 fully saturated rings. The van der Waals surface area contributed by atoms with Gasteiger partial charge in [0.1, 0.15) is 17.2 Å². The van der Waals surface area contributed by atoms with Crippen molar-refractivity contribution in [2.45, 2.75) is 40.0 Å². The van der Waals surface area contributed by atoms with Crippen LogP contribution in [0.2, 0.25) is 0 Å². The summed E-state index contributed by atoms with van der Waals surface area (Å²) in [5, 5.41) is 31.4. The van der Waals surface area contributed by atoms with Crippen molar-refractivity contribution in [1.82, 2.24) is 0 Å². The lowest BCUT2D eigenvalue weighted by molar-refractivity contribution is 0.467. The predicted octanol–water partition coefficient (Wildman–Crippen LogP) is 6.50. The number of aromatic hydroxyl groups is 3. The van der Waals surface area contributed by atoms with Crippen LogP contribution in [0.4, 0.5) is 0 Å². The first kappa shape index (κ1) is 22.5. The van der Waals surface area contributed by atoms with Crippen molar-refractivity contribution in [3.8, 4) is 17.2 Å². The van der Waals surface area contributed by atoms with E-state index in [2.05, 4.69) is 19.1 Å². The highest BCUT2D eigenvalue weighted by Gasteiger charge is 2.16. The molecule has 0 amide bonds. The molecule has 3 nitrogen and oxygen atoms in total. The molecular formula is C30H30O3. The highest BCUT2D eigenvalue weighted by Crippen LogP contribution is 2.32. The summed E-state index contributed by atoms with van der Waals surface area (Å²) >= 11 is 0. The van der Waals surface area contributed by atoms with Gasteiger partial charge in [-0.05, 0) is 72.4 Å². The van der Waals surface area contributed by atoms with E-state index in [0.29, 0.717) is 19.3 Å². The van der Waals surface area contributed by atoms with Gasteiger partial charge in [0.25, 0.3) is 0 Å². The molecule has 0 radical (unpaired) electrons. The molecule has 0 atom stereocenters. The van der Waals surface area contributed by atoms with Crippen molar-refractivity contribution in [3.05, 3.63) is 123 Å². The molecule has 3 N–H and O–H groups in total. The molecule has 0 spiro atoms. The number of aryl methyl sites for hydroxylation is 3. The van der Waals surface area contributed by atoms with Gasteiger partial charge in [0, 0.05) is 19.3 Å². The van der Waals surface area contributed by atoms with Crippen LogP contribution in [-0.2, 0) is 19.3 Å². The van der Waals surface area contributed by atoms with Crippen molar-refractivity contribution in [1.29, 1.82) is 0 Å². The number of hydrogen-bond acceptors (Lipinski definition) is 3. The summed E-state index contributed by atoms with van der Waals surface area (Å²) < 4.78 is 0. The Labute approximate surface area is 195 Å². The van der Waals surface area contributed by atoms with Gasteiger partial charge in [-0.25, -0.2) is 0 Å². The van der Waals surface area contributed by atoms with Gasteiger partial charge in [0.2, 0.25) is 0 Å². The average Bonchev–Trinajstić information content (AvgIpc) is 2.77. The molecule has 4 aromatic rings. The fraction of sp³-hybridized carbons (Fsp3) is 0.200. The number of hydrogen-bond donors (Lipinski definition) is 3. The first-order valence-corrected chi connectivity index (χ1v) is 11.3. The lowest BCUT2D eigenvalue weighted by atomic mass is 9.86. The summed E-state index contributed by atoms with van der Waals surface area (Å²) in [5.74, 6) is 0.841. The summed E-state index contributed by atoms with van der Waals surface area (Å²) in [6.45, 7) is 6.12. The Balaban J connectivity index is 1.85. The minimum absolute atomic E-state index is 0.270. The topological polar surface area (TPSA) is 60.7 Å². The highest BCUT2D eigenvalue weighted by molar-refractivity contribution is 5.51. The molecule has 4 aromatic carbocycles. The SMILES string of the molecule is Cc1ccc(O)c(Cc2cc(C)cc(Cc3cc(C)ccc3O)c2Cc2ccccc2O)c1. The number of phenolic OH excluding ortho intramolecular Hbond substituents is 3. The zero-order chi connectivity index (χ0) is 23.5. The van der Waals surface area contributed by atoms with Crippen LogP contribution in [0.3, 0.4) is 0 Å². The number of phenols is 3. The minimum Gasteiger partial charge on any atom is -0.508 e. The number of rotatable bonds is 6. The standard InChI is InChI=1S/C30H30O3/c1-19-8-10-29(32)25(12-19)16-23-14-21(3)15-24(17-26-13-20(2)9-11-30(26)33)27(23)18-22-6-4-5-7-28(22)31/h4-15,31-33H,16-18H2,1-3H3. The second-order valence-electron chi connectivity index (χ2n) is 8.99. The van der Waals surface area contributed by atoms with Crippen LogP contribution in [0.25, 0.3) is 0 Å². The third kappa shape index (κ3) is 5.20. The Morgan fingerprint density at radius 1 is 0.455 bits per heavy atom. The molecule has 0 saturated heterocycles. The maximum atomic E-state index is 10.5. The van der Waals surface area contributed by atoms with Crippen LogP contribution in [-0.4, -0.2) is 15.3 Å².